The normalized spacial score (nSPS) is 10.9. The Hall–Kier alpha value is -2.86. The van der Waals surface area contributed by atoms with Gasteiger partial charge in [-0.2, -0.15) is 0 Å². The highest BCUT2D eigenvalue weighted by Crippen LogP contribution is 2.39. The molecule has 0 saturated carbocycles. The van der Waals surface area contributed by atoms with Crippen molar-refractivity contribution in [2.45, 2.75) is 6.92 Å². The van der Waals surface area contributed by atoms with Crippen LogP contribution in [-0.4, -0.2) is 21.0 Å². The van der Waals surface area contributed by atoms with Gasteiger partial charge in [-0.05, 0) is 42.3 Å². The van der Waals surface area contributed by atoms with Crippen LogP contribution in [0.3, 0.4) is 0 Å². The molecular formula is C16H13ClN4O2. The topological polar surface area (TPSA) is 115 Å². The van der Waals surface area contributed by atoms with Crippen LogP contribution in [0.4, 0.5) is 5.69 Å². The third-order valence-electron chi connectivity index (χ3n) is 3.63. The van der Waals surface area contributed by atoms with E-state index < -0.39 is 5.91 Å². The van der Waals surface area contributed by atoms with Crippen molar-refractivity contribution < 1.29 is 9.90 Å². The molecular weight excluding hydrogens is 316 g/mol. The second-order valence-electron chi connectivity index (χ2n) is 5.08. The molecule has 6 nitrogen and oxygen atoms in total. The minimum absolute atomic E-state index is 0.0217. The first-order valence-electron chi connectivity index (χ1n) is 6.73. The third-order valence-corrected chi connectivity index (χ3v) is 3.85. The zero-order valence-corrected chi connectivity index (χ0v) is 12.9. The fourth-order valence-electron chi connectivity index (χ4n) is 2.49. The number of aromatic nitrogens is 2. The van der Waals surface area contributed by atoms with Crippen molar-refractivity contribution in [3.63, 3.8) is 0 Å². The Labute approximate surface area is 136 Å². The van der Waals surface area contributed by atoms with Crippen molar-refractivity contribution in [3.05, 3.63) is 46.7 Å². The molecule has 2 aromatic heterocycles. The van der Waals surface area contributed by atoms with E-state index in [2.05, 4.69) is 9.97 Å². The van der Waals surface area contributed by atoms with Gasteiger partial charge in [0.2, 0.25) is 0 Å². The van der Waals surface area contributed by atoms with E-state index in [4.69, 9.17) is 23.1 Å². The summed E-state index contributed by atoms with van der Waals surface area (Å²) >= 11 is 6.05. The Morgan fingerprint density at radius 2 is 2.09 bits per heavy atom. The highest BCUT2D eigenvalue weighted by molar-refractivity contribution is 6.31. The van der Waals surface area contributed by atoms with Gasteiger partial charge in [0.05, 0.1) is 16.7 Å². The second kappa shape index (κ2) is 5.40. The van der Waals surface area contributed by atoms with Crippen LogP contribution in [-0.2, 0) is 0 Å². The minimum Gasteiger partial charge on any atom is -0.508 e. The monoisotopic (exact) mass is 328 g/mol. The van der Waals surface area contributed by atoms with Gasteiger partial charge in [0.15, 0.2) is 5.69 Å². The van der Waals surface area contributed by atoms with Crippen LogP contribution in [0.15, 0.2) is 30.5 Å². The first-order valence-corrected chi connectivity index (χ1v) is 7.11. The van der Waals surface area contributed by atoms with Gasteiger partial charge >= 0.3 is 0 Å². The average Bonchev–Trinajstić information content (AvgIpc) is 2.50. The fraction of sp³-hybridized carbons (Fsp3) is 0.0625. The zero-order valence-electron chi connectivity index (χ0n) is 12.2. The van der Waals surface area contributed by atoms with Crippen molar-refractivity contribution in [3.8, 4) is 16.9 Å². The van der Waals surface area contributed by atoms with Crippen molar-refractivity contribution in [1.29, 1.82) is 0 Å². The molecule has 0 fully saturated rings. The fourth-order valence-corrected chi connectivity index (χ4v) is 2.70. The van der Waals surface area contributed by atoms with Crippen LogP contribution in [0.2, 0.25) is 5.02 Å². The minimum atomic E-state index is -0.738. The molecule has 0 bridgehead atoms. The number of nitrogen functional groups attached to an aromatic ring is 1. The van der Waals surface area contributed by atoms with E-state index in [0.29, 0.717) is 32.7 Å². The molecule has 0 saturated heterocycles. The highest BCUT2D eigenvalue weighted by atomic mass is 35.5. The van der Waals surface area contributed by atoms with Crippen LogP contribution in [0.5, 0.6) is 5.75 Å². The number of aromatic hydroxyl groups is 1. The lowest BCUT2D eigenvalue weighted by atomic mass is 9.96. The maximum Gasteiger partial charge on any atom is 0.269 e. The molecule has 3 rings (SSSR count). The second-order valence-corrected chi connectivity index (χ2v) is 5.52. The number of carbonyl (C=O) groups excluding carboxylic acids is 1. The summed E-state index contributed by atoms with van der Waals surface area (Å²) in [7, 11) is 0. The molecule has 23 heavy (non-hydrogen) atoms. The number of pyridine rings is 2. The molecule has 0 aliphatic heterocycles. The van der Waals surface area contributed by atoms with Crippen molar-refractivity contribution >= 4 is 34.2 Å². The van der Waals surface area contributed by atoms with E-state index in [9.17, 15) is 9.90 Å². The van der Waals surface area contributed by atoms with Gasteiger partial charge in [0.1, 0.15) is 5.75 Å². The van der Waals surface area contributed by atoms with E-state index in [-0.39, 0.29) is 17.1 Å². The molecule has 7 heteroatoms. The number of hydrogen-bond donors (Lipinski definition) is 3. The Morgan fingerprint density at radius 3 is 2.78 bits per heavy atom. The Balaban J connectivity index is 2.50. The molecule has 3 aromatic rings. The molecule has 0 unspecified atom stereocenters. The summed E-state index contributed by atoms with van der Waals surface area (Å²) in [5, 5.41) is 10.4. The summed E-state index contributed by atoms with van der Waals surface area (Å²) in [6.07, 6.45) is 1.59. The lowest BCUT2D eigenvalue weighted by Crippen LogP contribution is -2.17. The molecule has 2 heterocycles. The van der Waals surface area contributed by atoms with Crippen LogP contribution in [0.25, 0.3) is 22.2 Å². The maximum atomic E-state index is 11.7. The Bertz CT molecular complexity index is 956. The quantitative estimate of drug-likeness (QED) is 0.669. The van der Waals surface area contributed by atoms with Gasteiger partial charge in [-0.15, -0.1) is 0 Å². The number of nitrogens with zero attached hydrogens (tertiary/aromatic N) is 2. The number of fused-ring (bicyclic) bond motifs is 1. The van der Waals surface area contributed by atoms with E-state index >= 15 is 0 Å². The summed E-state index contributed by atoms with van der Waals surface area (Å²) in [4.78, 5) is 20.1. The Kier molecular flexibility index (Phi) is 3.54. The van der Waals surface area contributed by atoms with E-state index in [1.165, 1.54) is 6.07 Å². The SMILES string of the molecule is Cc1c(O)cc(Cl)cc1-c1c(N)c(C(N)=O)nc2cccnc12. The number of nitrogens with two attached hydrogens (primary N) is 2. The molecule has 0 radical (unpaired) electrons. The Morgan fingerprint density at radius 1 is 1.35 bits per heavy atom. The smallest absolute Gasteiger partial charge is 0.269 e. The molecule has 0 spiro atoms. The molecule has 116 valence electrons. The number of phenolic OH excluding ortho intramolecular Hbond substituents is 1. The van der Waals surface area contributed by atoms with Gasteiger partial charge in [-0.25, -0.2) is 4.98 Å². The largest absolute Gasteiger partial charge is 0.508 e. The third kappa shape index (κ3) is 2.43. The standard InChI is InChI=1S/C16H13ClN4O2/c1-7-9(5-8(17)6-11(7)22)12-13(18)15(16(19)23)21-10-3-2-4-20-14(10)12/h2-6,22H,18H2,1H3,(H2,19,23). The molecule has 1 aromatic carbocycles. The van der Waals surface area contributed by atoms with Gasteiger partial charge in [0.25, 0.3) is 5.91 Å². The van der Waals surface area contributed by atoms with Gasteiger partial charge in [0, 0.05) is 16.8 Å². The summed E-state index contributed by atoms with van der Waals surface area (Å²) in [6, 6.07) is 6.49. The van der Waals surface area contributed by atoms with Crippen LogP contribution in [0, 0.1) is 6.92 Å². The number of amides is 1. The number of anilines is 1. The number of primary amides is 1. The molecule has 0 aliphatic rings. The molecule has 0 atom stereocenters. The predicted molar refractivity (Wildman–Crippen MR) is 89.3 cm³/mol. The maximum absolute atomic E-state index is 11.7. The van der Waals surface area contributed by atoms with E-state index in [0.717, 1.165) is 0 Å². The van der Waals surface area contributed by atoms with Crippen molar-refractivity contribution in [2.24, 2.45) is 5.73 Å². The zero-order chi connectivity index (χ0) is 16.7. The molecule has 0 aliphatic carbocycles. The number of hydrogen-bond acceptors (Lipinski definition) is 5. The van der Waals surface area contributed by atoms with E-state index in [1.807, 2.05) is 0 Å². The summed E-state index contributed by atoms with van der Waals surface area (Å²) in [5.74, 6) is -0.716. The highest BCUT2D eigenvalue weighted by Gasteiger charge is 2.20. The van der Waals surface area contributed by atoms with Crippen molar-refractivity contribution in [1.82, 2.24) is 9.97 Å². The van der Waals surface area contributed by atoms with Crippen LogP contribution in [0.1, 0.15) is 16.1 Å². The number of phenols is 1. The number of benzene rings is 1. The lowest BCUT2D eigenvalue weighted by Gasteiger charge is -2.15. The first-order chi connectivity index (χ1) is 10.9. The molecule has 1 amide bonds. The van der Waals surface area contributed by atoms with Gasteiger partial charge in [-0.3, -0.25) is 9.78 Å². The van der Waals surface area contributed by atoms with Crippen molar-refractivity contribution in [2.75, 3.05) is 5.73 Å². The van der Waals surface area contributed by atoms with Crippen LogP contribution < -0.4 is 11.5 Å². The van der Waals surface area contributed by atoms with E-state index in [1.54, 1.807) is 31.3 Å². The van der Waals surface area contributed by atoms with Gasteiger partial charge < -0.3 is 16.6 Å². The lowest BCUT2D eigenvalue weighted by molar-refractivity contribution is 0.0997. The molecule has 5 N–H and O–H groups in total. The van der Waals surface area contributed by atoms with Crippen LogP contribution >= 0.6 is 11.6 Å². The average molecular weight is 329 g/mol. The van der Waals surface area contributed by atoms with Gasteiger partial charge in [-0.1, -0.05) is 11.6 Å². The summed E-state index contributed by atoms with van der Waals surface area (Å²) in [5.41, 5.74) is 14.1. The number of halogens is 1. The summed E-state index contributed by atoms with van der Waals surface area (Å²) < 4.78 is 0. The number of carbonyl (C=O) groups is 1. The summed E-state index contributed by atoms with van der Waals surface area (Å²) in [6.45, 7) is 1.72. The predicted octanol–water partition coefficient (Wildman–Crippen LogP) is 2.65. The first kappa shape index (κ1) is 15.1. The number of rotatable bonds is 2.